The third-order valence-electron chi connectivity index (χ3n) is 9.53. The molecule has 3 saturated heterocycles. The predicted molar refractivity (Wildman–Crippen MR) is 181 cm³/mol. The van der Waals surface area contributed by atoms with Gasteiger partial charge in [0.2, 0.25) is 11.8 Å². The molecular weight excluding hydrogens is 719 g/mol. The number of fused-ring (bicyclic) bond motifs is 2. The number of nitrogens with zero attached hydrogens (tertiary/aromatic N) is 6. The summed E-state index contributed by atoms with van der Waals surface area (Å²) in [6.45, 7) is 0.0616. The molecule has 8 rings (SSSR count). The van der Waals surface area contributed by atoms with Crippen molar-refractivity contribution in [2.24, 2.45) is 0 Å². The van der Waals surface area contributed by atoms with Gasteiger partial charge in [-0.05, 0) is 42.1 Å². The second-order valence-electron chi connectivity index (χ2n) is 12.9. The Bertz CT molecular complexity index is 2380. The number of rotatable bonds is 7. The lowest BCUT2D eigenvalue weighted by molar-refractivity contribution is -0.139. The Morgan fingerprint density at radius 2 is 1.87 bits per heavy atom. The number of anilines is 3. The molecule has 4 aromatic rings. The number of benzene rings is 3. The van der Waals surface area contributed by atoms with Crippen molar-refractivity contribution in [1.82, 2.24) is 34.8 Å². The van der Waals surface area contributed by atoms with Gasteiger partial charge in [-0.15, -0.1) is 5.10 Å². The Balaban J connectivity index is 0.879. The van der Waals surface area contributed by atoms with Crippen LogP contribution in [0, 0.1) is 5.82 Å². The molecule has 0 radical (unpaired) electrons. The highest BCUT2D eigenvalue weighted by Crippen LogP contribution is 2.40. The molecule has 274 valence electrons. The van der Waals surface area contributed by atoms with Gasteiger partial charge in [0.1, 0.15) is 29.7 Å². The zero-order valence-corrected chi connectivity index (χ0v) is 28.1. The average Bonchev–Trinajstić information content (AvgIpc) is 3.72. The van der Waals surface area contributed by atoms with E-state index in [1.54, 1.807) is 33.8 Å². The predicted octanol–water partition coefficient (Wildman–Crippen LogP) is 0.410. The first-order chi connectivity index (χ1) is 25.3. The number of halogens is 1. The van der Waals surface area contributed by atoms with Crippen LogP contribution in [0.2, 0.25) is 0 Å². The molecule has 3 fully saturated rings. The van der Waals surface area contributed by atoms with Gasteiger partial charge in [-0.2, -0.15) is 8.42 Å². The molecule has 21 heteroatoms. The maximum Gasteiger partial charge on any atom is 0.326 e. The van der Waals surface area contributed by atoms with Crippen LogP contribution in [-0.4, -0.2) is 98.8 Å². The van der Waals surface area contributed by atoms with Gasteiger partial charge in [0.05, 0.1) is 24.3 Å². The van der Waals surface area contributed by atoms with Gasteiger partial charge >= 0.3 is 16.2 Å². The minimum atomic E-state index is -4.36. The van der Waals surface area contributed by atoms with Crippen LogP contribution in [0.4, 0.5) is 26.2 Å². The number of aromatic hydroxyl groups is 1. The lowest BCUT2D eigenvalue weighted by Crippen LogP contribution is -2.53. The Kier molecular flexibility index (Phi) is 7.91. The number of hydrogen-bond acceptors (Lipinski definition) is 12. The van der Waals surface area contributed by atoms with E-state index in [2.05, 4.69) is 26.3 Å². The van der Waals surface area contributed by atoms with E-state index in [1.165, 1.54) is 23.1 Å². The highest BCUT2D eigenvalue weighted by atomic mass is 32.2. The molecule has 4 aliphatic rings. The molecule has 3 aromatic carbocycles. The molecule has 0 saturated carbocycles. The minimum Gasteiger partial charge on any atom is -0.506 e. The zero-order chi connectivity index (χ0) is 37.3. The summed E-state index contributed by atoms with van der Waals surface area (Å²) in [6.07, 6.45) is 0.490. The Labute approximate surface area is 298 Å². The second kappa shape index (κ2) is 12.4. The van der Waals surface area contributed by atoms with E-state index in [9.17, 15) is 42.6 Å². The van der Waals surface area contributed by atoms with Crippen LogP contribution in [0.1, 0.15) is 46.7 Å². The Morgan fingerprint density at radius 1 is 1.08 bits per heavy atom. The van der Waals surface area contributed by atoms with Gasteiger partial charge in [0.15, 0.2) is 12.0 Å². The first-order valence-electron chi connectivity index (χ1n) is 16.3. The first-order valence-corrected chi connectivity index (χ1v) is 17.7. The lowest BCUT2D eigenvalue weighted by Gasteiger charge is -2.38. The molecule has 1 aromatic heterocycles. The van der Waals surface area contributed by atoms with Crippen molar-refractivity contribution in [2.75, 3.05) is 34.6 Å². The maximum atomic E-state index is 15.4. The van der Waals surface area contributed by atoms with Crippen LogP contribution >= 0.6 is 0 Å². The van der Waals surface area contributed by atoms with Crippen LogP contribution in [-0.2, 0) is 31.1 Å². The topological polar surface area (TPSA) is 248 Å². The lowest BCUT2D eigenvalue weighted by atomic mass is 10.0. The van der Waals surface area contributed by atoms with Crippen LogP contribution in [0.5, 0.6) is 5.75 Å². The summed E-state index contributed by atoms with van der Waals surface area (Å²) < 4.78 is 43.6. The number of imide groups is 1. The van der Waals surface area contributed by atoms with E-state index in [0.29, 0.717) is 34.3 Å². The van der Waals surface area contributed by atoms with Crippen molar-refractivity contribution in [2.45, 2.75) is 37.7 Å². The standard InChI is InChI=1S/C32H29FN10O9S/c33-27-19-5-4-16(8-15(19)9-23(44)28(27)42-14-25(46)38-53(42,51)52)35-32(50)40-12-18(13-40)41-11-17(37-39-41)10-34-21-3-1-2-20-26(21)31(49)43(30(20)48)22-6-7-24(45)36-29(22)47/h1-5,8-9,11,18,22,30,34,44,48H,6-7,10,12-14H2,(H,35,50)(H,38,46)(H,36,45,47). The number of carbonyl (C=O) groups is 5. The van der Waals surface area contributed by atoms with Gasteiger partial charge in [-0.1, -0.05) is 17.3 Å². The van der Waals surface area contributed by atoms with E-state index >= 15 is 4.39 Å². The molecule has 2 atom stereocenters. The number of hydrogen-bond donors (Lipinski definition) is 6. The van der Waals surface area contributed by atoms with E-state index in [4.69, 9.17) is 0 Å². The zero-order valence-electron chi connectivity index (χ0n) is 27.3. The quantitative estimate of drug-likeness (QED) is 0.141. The number of phenols is 1. The van der Waals surface area contributed by atoms with Gasteiger partial charge < -0.3 is 25.7 Å². The van der Waals surface area contributed by atoms with Crippen LogP contribution in [0.25, 0.3) is 10.8 Å². The largest absolute Gasteiger partial charge is 0.506 e. The molecule has 5 heterocycles. The van der Waals surface area contributed by atoms with Crippen molar-refractivity contribution < 1.29 is 47.0 Å². The molecule has 6 amide bonds. The number of phenolic OH excluding ortho intramolecular Hbond substituents is 1. The number of aliphatic hydroxyl groups is 1. The molecule has 2 unspecified atom stereocenters. The Hall–Kier alpha value is -6.35. The highest BCUT2D eigenvalue weighted by Gasteiger charge is 2.45. The number of piperidine rings is 1. The summed E-state index contributed by atoms with van der Waals surface area (Å²) in [5.74, 6) is -4.25. The normalized spacial score (nSPS) is 21.1. The van der Waals surface area contributed by atoms with Crippen molar-refractivity contribution in [1.29, 1.82) is 0 Å². The number of aromatic nitrogens is 3. The highest BCUT2D eigenvalue weighted by molar-refractivity contribution is 7.92. The fourth-order valence-corrected chi connectivity index (χ4v) is 8.03. The van der Waals surface area contributed by atoms with Gasteiger partial charge in [-0.25, -0.2) is 22.9 Å². The summed E-state index contributed by atoms with van der Waals surface area (Å²) in [5, 5.41) is 38.0. The van der Waals surface area contributed by atoms with Gasteiger partial charge in [0, 0.05) is 41.8 Å². The summed E-state index contributed by atoms with van der Waals surface area (Å²) >= 11 is 0. The molecule has 19 nitrogen and oxygen atoms in total. The third kappa shape index (κ3) is 5.78. The molecular formula is C32H29FN10O9S. The van der Waals surface area contributed by atoms with Crippen molar-refractivity contribution in [3.8, 4) is 5.75 Å². The molecule has 0 bridgehead atoms. The summed E-state index contributed by atoms with van der Waals surface area (Å²) in [7, 11) is -4.36. The molecule has 6 N–H and O–H groups in total. The average molecular weight is 749 g/mol. The van der Waals surface area contributed by atoms with Crippen LogP contribution in [0.15, 0.2) is 48.7 Å². The number of aliphatic hydroxyl groups excluding tert-OH is 1. The van der Waals surface area contributed by atoms with Crippen LogP contribution in [0.3, 0.4) is 0 Å². The van der Waals surface area contributed by atoms with E-state index < -0.39 is 75.9 Å². The monoisotopic (exact) mass is 748 g/mol. The fourth-order valence-electron chi connectivity index (χ4n) is 6.87. The second-order valence-corrected chi connectivity index (χ2v) is 14.5. The Morgan fingerprint density at radius 3 is 2.60 bits per heavy atom. The minimum absolute atomic E-state index is 0.0409. The number of urea groups is 1. The molecule has 0 spiro atoms. The van der Waals surface area contributed by atoms with Gasteiger partial charge in [0.25, 0.3) is 11.8 Å². The molecule has 0 aliphatic carbocycles. The van der Waals surface area contributed by atoms with Crippen molar-refractivity contribution >= 4 is 67.7 Å². The van der Waals surface area contributed by atoms with E-state index in [-0.39, 0.29) is 47.5 Å². The van der Waals surface area contributed by atoms with Crippen LogP contribution < -0.4 is 25.0 Å². The van der Waals surface area contributed by atoms with Crippen molar-refractivity contribution in [3.63, 3.8) is 0 Å². The molecule has 53 heavy (non-hydrogen) atoms. The van der Waals surface area contributed by atoms with Gasteiger partial charge in [-0.3, -0.25) is 29.4 Å². The number of amides is 6. The number of carbonyl (C=O) groups excluding carboxylic acids is 5. The van der Waals surface area contributed by atoms with E-state index in [0.717, 1.165) is 11.0 Å². The van der Waals surface area contributed by atoms with E-state index in [1.807, 2.05) is 0 Å². The third-order valence-corrected chi connectivity index (χ3v) is 10.9. The maximum absolute atomic E-state index is 15.4. The summed E-state index contributed by atoms with van der Waals surface area (Å²) in [6, 6.07) is 8.59. The first kappa shape index (κ1) is 33.8. The summed E-state index contributed by atoms with van der Waals surface area (Å²) in [4.78, 5) is 64.7. The number of likely N-dealkylation sites (tertiary alicyclic amines) is 1. The fraction of sp³-hybridized carbons (Fsp3) is 0.281. The summed E-state index contributed by atoms with van der Waals surface area (Å²) in [5.41, 5.74) is 1.11. The van der Waals surface area contributed by atoms with Crippen molar-refractivity contribution in [3.05, 3.63) is 71.3 Å². The number of nitrogens with one attached hydrogen (secondary N) is 4. The SMILES string of the molecule is O=C1CCC(N2C(=O)c3c(NCc4cn(C5CN(C(=O)Nc6ccc7c(F)c(N8CC(=O)NS8(=O)=O)c(O)cc7c6)C5)nn4)cccc3C2O)C(=O)N1. The smallest absolute Gasteiger partial charge is 0.326 e. The molecule has 4 aliphatic heterocycles.